The average Bonchev–Trinajstić information content (AvgIpc) is 3.15. The number of aryl methyl sites for hydroxylation is 1. The molecular weight excluding hydrogens is 328 g/mol. The first kappa shape index (κ1) is 17.2. The topological polar surface area (TPSA) is 75.7 Å². The summed E-state index contributed by atoms with van der Waals surface area (Å²) in [6, 6.07) is 4.79. The van der Waals surface area contributed by atoms with Crippen LogP contribution in [0.2, 0.25) is 0 Å². The summed E-state index contributed by atoms with van der Waals surface area (Å²) in [6.07, 6.45) is 2.18. The normalized spacial score (nSPS) is 26.4. The summed E-state index contributed by atoms with van der Waals surface area (Å²) in [7, 11) is -1.54. The van der Waals surface area contributed by atoms with Crippen LogP contribution in [0.4, 0.5) is 0 Å². The number of nitrogens with one attached hydrogen (secondary N) is 1. The van der Waals surface area contributed by atoms with Crippen LogP contribution in [-0.4, -0.2) is 63.0 Å². The molecule has 0 aliphatic carbocycles. The van der Waals surface area contributed by atoms with Gasteiger partial charge in [0.25, 0.3) is 5.91 Å². The van der Waals surface area contributed by atoms with Gasteiger partial charge in [0, 0.05) is 11.6 Å². The fourth-order valence-corrected chi connectivity index (χ4v) is 5.57. The van der Waals surface area contributed by atoms with Crippen molar-refractivity contribution in [2.75, 3.05) is 31.7 Å². The van der Waals surface area contributed by atoms with Crippen molar-refractivity contribution in [3.05, 3.63) is 29.3 Å². The molecule has 0 saturated carbocycles. The van der Waals surface area contributed by atoms with Crippen molar-refractivity contribution in [2.24, 2.45) is 0 Å². The number of carbonyl (C=O) groups excluding carboxylic acids is 1. The van der Waals surface area contributed by atoms with E-state index in [4.69, 9.17) is 4.74 Å². The van der Waals surface area contributed by atoms with E-state index >= 15 is 0 Å². The summed E-state index contributed by atoms with van der Waals surface area (Å²) in [5.41, 5.74) is 1.44. The molecule has 1 aromatic carbocycles. The van der Waals surface area contributed by atoms with Gasteiger partial charge in [0.2, 0.25) is 0 Å². The summed E-state index contributed by atoms with van der Waals surface area (Å²) < 4.78 is 29.4. The molecule has 2 heterocycles. The van der Waals surface area contributed by atoms with Crippen molar-refractivity contribution >= 4 is 15.7 Å². The number of nitrogens with zero attached hydrogens (tertiary/aromatic N) is 1. The van der Waals surface area contributed by atoms with Crippen LogP contribution in [-0.2, 0) is 9.84 Å². The van der Waals surface area contributed by atoms with Crippen LogP contribution in [0.15, 0.2) is 18.2 Å². The van der Waals surface area contributed by atoms with Crippen molar-refractivity contribution in [1.29, 1.82) is 0 Å². The molecule has 2 aliphatic rings. The maximum absolute atomic E-state index is 12.6. The van der Waals surface area contributed by atoms with E-state index in [2.05, 4.69) is 10.2 Å². The van der Waals surface area contributed by atoms with Crippen LogP contribution >= 0.6 is 0 Å². The van der Waals surface area contributed by atoms with Crippen molar-refractivity contribution in [1.82, 2.24) is 10.2 Å². The van der Waals surface area contributed by atoms with Crippen molar-refractivity contribution in [2.45, 2.75) is 31.8 Å². The molecule has 0 bridgehead atoms. The number of hydrogen-bond acceptors (Lipinski definition) is 5. The Balaban J connectivity index is 1.76. The molecular formula is C17H24N2O4S. The average molecular weight is 352 g/mol. The standard InChI is InChI=1S/C17H24N2O4S/c1-12-5-6-13(9-16(12)23-2)17(20)18-14-10-24(21,22)11-15(14)19-7-3-4-8-19/h5-6,9,14-15H,3-4,7-8,10-11H2,1-2H3,(H,18,20)/t14-,15-/m1/s1. The monoisotopic (exact) mass is 352 g/mol. The predicted octanol–water partition coefficient (Wildman–Crippen LogP) is 0.995. The Morgan fingerprint density at radius 2 is 1.96 bits per heavy atom. The second kappa shape index (κ2) is 6.72. The van der Waals surface area contributed by atoms with Gasteiger partial charge in [-0.2, -0.15) is 0 Å². The molecule has 1 aromatic rings. The first-order valence-corrected chi connectivity index (χ1v) is 10.1. The highest BCUT2D eigenvalue weighted by Crippen LogP contribution is 2.24. The number of rotatable bonds is 4. The number of carbonyl (C=O) groups is 1. The number of ether oxygens (including phenoxy) is 1. The molecule has 6 nitrogen and oxygen atoms in total. The van der Waals surface area contributed by atoms with Crippen LogP contribution in [0.1, 0.15) is 28.8 Å². The lowest BCUT2D eigenvalue weighted by Gasteiger charge is -2.28. The van der Waals surface area contributed by atoms with E-state index in [1.807, 2.05) is 13.0 Å². The third-order valence-electron chi connectivity index (χ3n) is 4.92. The van der Waals surface area contributed by atoms with E-state index in [9.17, 15) is 13.2 Å². The number of likely N-dealkylation sites (tertiary alicyclic amines) is 1. The van der Waals surface area contributed by atoms with Gasteiger partial charge >= 0.3 is 0 Å². The summed E-state index contributed by atoms with van der Waals surface area (Å²) >= 11 is 0. The molecule has 0 spiro atoms. The third kappa shape index (κ3) is 3.57. The van der Waals surface area contributed by atoms with Crippen LogP contribution in [0.25, 0.3) is 0 Å². The van der Waals surface area contributed by atoms with Crippen LogP contribution in [0.5, 0.6) is 5.75 Å². The maximum atomic E-state index is 12.6. The Morgan fingerprint density at radius 3 is 2.62 bits per heavy atom. The number of benzene rings is 1. The number of sulfone groups is 1. The fourth-order valence-electron chi connectivity index (χ4n) is 3.61. The number of methoxy groups -OCH3 is 1. The highest BCUT2D eigenvalue weighted by atomic mass is 32.2. The minimum Gasteiger partial charge on any atom is -0.496 e. The fraction of sp³-hybridized carbons (Fsp3) is 0.588. The largest absolute Gasteiger partial charge is 0.496 e. The second-order valence-electron chi connectivity index (χ2n) is 6.65. The zero-order chi connectivity index (χ0) is 17.3. The Bertz CT molecular complexity index is 726. The van der Waals surface area contributed by atoms with Gasteiger partial charge in [-0.25, -0.2) is 8.42 Å². The number of amides is 1. The Hall–Kier alpha value is -1.60. The molecule has 0 radical (unpaired) electrons. The third-order valence-corrected chi connectivity index (χ3v) is 6.64. The quantitative estimate of drug-likeness (QED) is 0.875. The molecule has 24 heavy (non-hydrogen) atoms. The summed E-state index contributed by atoms with van der Waals surface area (Å²) in [5, 5.41) is 2.93. The van der Waals surface area contributed by atoms with Crippen LogP contribution < -0.4 is 10.1 Å². The van der Waals surface area contributed by atoms with E-state index in [1.54, 1.807) is 19.2 Å². The summed E-state index contributed by atoms with van der Waals surface area (Å²) in [4.78, 5) is 14.8. The molecule has 3 rings (SSSR count). The molecule has 2 fully saturated rings. The van der Waals surface area contributed by atoms with Gasteiger partial charge in [-0.1, -0.05) is 6.07 Å². The SMILES string of the molecule is COc1cc(C(=O)N[C@@H]2CS(=O)(=O)C[C@H]2N2CCCC2)ccc1C. The van der Waals surface area contributed by atoms with E-state index in [-0.39, 0.29) is 29.5 Å². The van der Waals surface area contributed by atoms with Gasteiger partial charge in [-0.15, -0.1) is 0 Å². The van der Waals surface area contributed by atoms with Crippen molar-refractivity contribution in [3.63, 3.8) is 0 Å². The van der Waals surface area contributed by atoms with Crippen molar-refractivity contribution in [3.8, 4) is 5.75 Å². The zero-order valence-corrected chi connectivity index (χ0v) is 14.9. The van der Waals surface area contributed by atoms with E-state index < -0.39 is 9.84 Å². The molecule has 1 amide bonds. The number of hydrogen-bond donors (Lipinski definition) is 1. The van der Waals surface area contributed by atoms with Crippen LogP contribution in [0.3, 0.4) is 0 Å². The summed E-state index contributed by atoms with van der Waals surface area (Å²) in [6.45, 7) is 3.73. The van der Waals surface area contributed by atoms with Gasteiger partial charge in [-0.3, -0.25) is 9.69 Å². The highest BCUT2D eigenvalue weighted by molar-refractivity contribution is 7.91. The van der Waals surface area contributed by atoms with Crippen LogP contribution in [0, 0.1) is 6.92 Å². The lowest BCUT2D eigenvalue weighted by molar-refractivity contribution is 0.0918. The molecule has 0 aromatic heterocycles. The van der Waals surface area contributed by atoms with Crippen molar-refractivity contribution < 1.29 is 17.9 Å². The minimum atomic E-state index is -3.11. The molecule has 2 atom stereocenters. The Morgan fingerprint density at radius 1 is 1.25 bits per heavy atom. The van der Waals surface area contributed by atoms with E-state index in [0.29, 0.717) is 11.3 Å². The first-order valence-electron chi connectivity index (χ1n) is 8.29. The predicted molar refractivity (Wildman–Crippen MR) is 92.2 cm³/mol. The summed E-state index contributed by atoms with van der Waals surface area (Å²) in [5.74, 6) is 0.551. The van der Waals surface area contributed by atoms with E-state index in [1.165, 1.54) is 0 Å². The van der Waals surface area contributed by atoms with E-state index in [0.717, 1.165) is 31.5 Å². The van der Waals surface area contributed by atoms with Gasteiger partial charge in [0.15, 0.2) is 9.84 Å². The lowest BCUT2D eigenvalue weighted by atomic mass is 10.1. The lowest BCUT2D eigenvalue weighted by Crippen LogP contribution is -2.50. The van der Waals surface area contributed by atoms with Gasteiger partial charge in [-0.05, 0) is 50.6 Å². The molecule has 2 saturated heterocycles. The van der Waals surface area contributed by atoms with Gasteiger partial charge < -0.3 is 10.1 Å². The molecule has 2 aliphatic heterocycles. The molecule has 132 valence electrons. The molecule has 7 heteroatoms. The van der Waals surface area contributed by atoms with Gasteiger partial charge in [0.05, 0.1) is 24.7 Å². The second-order valence-corrected chi connectivity index (χ2v) is 8.81. The maximum Gasteiger partial charge on any atom is 0.251 e. The first-order chi connectivity index (χ1) is 11.4. The zero-order valence-electron chi connectivity index (χ0n) is 14.1. The Kier molecular flexibility index (Phi) is 4.83. The minimum absolute atomic E-state index is 0.0168. The Labute approximate surface area is 143 Å². The molecule has 1 N–H and O–H groups in total. The smallest absolute Gasteiger partial charge is 0.251 e. The molecule has 0 unspecified atom stereocenters. The van der Waals surface area contributed by atoms with Gasteiger partial charge in [0.1, 0.15) is 5.75 Å². The highest BCUT2D eigenvalue weighted by Gasteiger charge is 2.42.